The molecular formula is C26H34Br2N2O2. The van der Waals surface area contributed by atoms with Crippen molar-refractivity contribution in [1.82, 2.24) is 10.6 Å². The summed E-state index contributed by atoms with van der Waals surface area (Å²) in [5.74, 6) is -0.128. The molecule has 0 spiro atoms. The van der Waals surface area contributed by atoms with Crippen LogP contribution in [0, 0.1) is 0 Å². The Morgan fingerprint density at radius 3 is 1.56 bits per heavy atom. The molecule has 0 aliphatic heterocycles. The topological polar surface area (TPSA) is 64.5 Å². The van der Waals surface area contributed by atoms with E-state index in [1.807, 2.05) is 6.07 Å². The Bertz CT molecular complexity index is 907. The number of rotatable bonds is 12. The third-order valence-corrected chi connectivity index (χ3v) is 5.32. The minimum atomic E-state index is -0.0714. The third-order valence-electron chi connectivity index (χ3n) is 5.32. The molecular weight excluding hydrogens is 532 g/mol. The van der Waals surface area contributed by atoms with Gasteiger partial charge in [0, 0.05) is 0 Å². The second-order valence-electron chi connectivity index (χ2n) is 7.58. The van der Waals surface area contributed by atoms with Gasteiger partial charge in [-0.05, 0) is 86.2 Å². The first-order chi connectivity index (χ1) is 14.7. The van der Waals surface area contributed by atoms with Gasteiger partial charge in [0.1, 0.15) is 0 Å². The third kappa shape index (κ3) is 9.74. The quantitative estimate of drug-likeness (QED) is 0.184. The van der Waals surface area contributed by atoms with Crippen LogP contribution >= 0.6 is 34.0 Å². The van der Waals surface area contributed by atoms with Crippen LogP contribution in [-0.2, 0) is 25.7 Å². The molecule has 0 aliphatic rings. The highest BCUT2D eigenvalue weighted by Gasteiger charge is 2.03. The molecule has 0 radical (unpaired) electrons. The summed E-state index contributed by atoms with van der Waals surface area (Å²) >= 11 is 0. The lowest BCUT2D eigenvalue weighted by Gasteiger charge is -2.11. The Labute approximate surface area is 212 Å². The second-order valence-corrected chi connectivity index (χ2v) is 7.58. The Morgan fingerprint density at radius 1 is 0.500 bits per heavy atom. The highest BCUT2D eigenvalue weighted by molar-refractivity contribution is 8.93. The van der Waals surface area contributed by atoms with E-state index >= 15 is 0 Å². The summed E-state index contributed by atoms with van der Waals surface area (Å²) in [7, 11) is 0. The monoisotopic (exact) mass is 564 g/mol. The van der Waals surface area contributed by atoms with E-state index in [1.165, 1.54) is 22.8 Å². The maximum absolute atomic E-state index is 9.57. The number of hydrogen-bond donors (Lipinski definition) is 4. The summed E-state index contributed by atoms with van der Waals surface area (Å²) in [6.07, 6.45) is 3.92. The van der Waals surface area contributed by atoms with Crippen LogP contribution in [0.1, 0.15) is 22.3 Å². The van der Waals surface area contributed by atoms with Crippen LogP contribution in [0.3, 0.4) is 0 Å². The van der Waals surface area contributed by atoms with Crippen LogP contribution in [0.25, 0.3) is 0 Å². The van der Waals surface area contributed by atoms with Gasteiger partial charge in [0.25, 0.3) is 0 Å². The van der Waals surface area contributed by atoms with Gasteiger partial charge < -0.3 is 20.8 Å². The number of benzene rings is 3. The van der Waals surface area contributed by atoms with Gasteiger partial charge in [-0.2, -0.15) is 0 Å². The number of phenols is 2. The molecule has 6 heteroatoms. The minimum Gasteiger partial charge on any atom is -0.504 e. The van der Waals surface area contributed by atoms with Gasteiger partial charge in [0.2, 0.25) is 0 Å². The molecule has 0 bridgehead atoms. The maximum Gasteiger partial charge on any atom is 0.157 e. The lowest BCUT2D eigenvalue weighted by molar-refractivity contribution is 0.403. The second kappa shape index (κ2) is 15.9. The van der Waals surface area contributed by atoms with E-state index in [-0.39, 0.29) is 45.5 Å². The normalized spacial score (nSPS) is 10.2. The Kier molecular flexibility index (Phi) is 14.0. The number of phenolic OH excluding ortho intramolecular Hbond substituents is 2. The molecule has 3 aromatic carbocycles. The highest BCUT2D eigenvalue weighted by atomic mass is 79.9. The number of aromatic hydroxyl groups is 2. The average Bonchev–Trinajstić information content (AvgIpc) is 2.77. The lowest BCUT2D eigenvalue weighted by atomic mass is 10.0. The van der Waals surface area contributed by atoms with E-state index in [1.54, 1.807) is 6.07 Å². The predicted octanol–water partition coefficient (Wildman–Crippen LogP) is 5.00. The first-order valence-electron chi connectivity index (χ1n) is 10.8. The Hall–Kier alpha value is -1.86. The molecule has 0 heterocycles. The fraction of sp³-hybridized carbons (Fsp3) is 0.308. The van der Waals surface area contributed by atoms with Gasteiger partial charge in [-0.15, -0.1) is 34.0 Å². The largest absolute Gasteiger partial charge is 0.504 e. The molecule has 4 nitrogen and oxygen atoms in total. The van der Waals surface area contributed by atoms with Gasteiger partial charge in [0.15, 0.2) is 11.5 Å². The summed E-state index contributed by atoms with van der Waals surface area (Å²) in [5.41, 5.74) is 5.20. The van der Waals surface area contributed by atoms with Crippen molar-refractivity contribution in [3.8, 4) is 11.5 Å². The predicted molar refractivity (Wildman–Crippen MR) is 144 cm³/mol. The smallest absolute Gasteiger partial charge is 0.157 e. The molecule has 32 heavy (non-hydrogen) atoms. The van der Waals surface area contributed by atoms with Gasteiger partial charge in [-0.1, -0.05) is 60.7 Å². The summed E-state index contributed by atoms with van der Waals surface area (Å²) < 4.78 is 0. The standard InChI is InChI=1S/C26H32N2O2.2BrH/c29-25-11-10-22(20-26(25)30)13-17-28-19-15-24-9-5-4-8-23(24)14-18-27-16-12-21-6-2-1-3-7-21;;/h1-11,20,27-30H,12-19H2;2*1H. The maximum atomic E-state index is 9.57. The van der Waals surface area contributed by atoms with Crippen LogP contribution in [-0.4, -0.2) is 36.4 Å². The van der Waals surface area contributed by atoms with Gasteiger partial charge in [-0.25, -0.2) is 0 Å². The molecule has 3 rings (SSSR count). The summed E-state index contributed by atoms with van der Waals surface area (Å²) in [6, 6.07) is 24.3. The van der Waals surface area contributed by atoms with E-state index in [0.717, 1.165) is 57.4 Å². The molecule has 0 saturated heterocycles. The van der Waals surface area contributed by atoms with Crippen molar-refractivity contribution >= 4 is 34.0 Å². The fourth-order valence-corrected chi connectivity index (χ4v) is 3.58. The van der Waals surface area contributed by atoms with Gasteiger partial charge in [0.05, 0.1) is 0 Å². The zero-order valence-electron chi connectivity index (χ0n) is 18.3. The van der Waals surface area contributed by atoms with Crippen LogP contribution in [0.15, 0.2) is 72.8 Å². The molecule has 174 valence electrons. The lowest BCUT2D eigenvalue weighted by Crippen LogP contribution is -2.22. The molecule has 0 aromatic heterocycles. The molecule has 0 aliphatic carbocycles. The van der Waals surface area contributed by atoms with Crippen molar-refractivity contribution in [3.05, 3.63) is 95.1 Å². The van der Waals surface area contributed by atoms with E-state index in [9.17, 15) is 10.2 Å². The van der Waals surface area contributed by atoms with Crippen molar-refractivity contribution in [2.24, 2.45) is 0 Å². The average molecular weight is 566 g/mol. The molecule has 0 saturated carbocycles. The number of hydrogen-bond acceptors (Lipinski definition) is 4. The SMILES string of the molecule is Br.Br.Oc1ccc(CCNCCc2ccccc2CCNCCc2ccccc2)cc1O. The molecule has 3 aromatic rings. The first kappa shape index (κ1) is 28.2. The van der Waals surface area contributed by atoms with Crippen molar-refractivity contribution in [1.29, 1.82) is 0 Å². The summed E-state index contributed by atoms with van der Waals surface area (Å²) in [4.78, 5) is 0. The van der Waals surface area contributed by atoms with Crippen molar-refractivity contribution < 1.29 is 10.2 Å². The fourth-order valence-electron chi connectivity index (χ4n) is 3.58. The van der Waals surface area contributed by atoms with Crippen molar-refractivity contribution in [2.75, 3.05) is 26.2 Å². The minimum absolute atomic E-state index is 0. The van der Waals surface area contributed by atoms with E-state index in [0.29, 0.717) is 0 Å². The zero-order chi connectivity index (χ0) is 21.0. The van der Waals surface area contributed by atoms with E-state index in [4.69, 9.17) is 0 Å². The van der Waals surface area contributed by atoms with E-state index < -0.39 is 0 Å². The van der Waals surface area contributed by atoms with E-state index in [2.05, 4.69) is 65.2 Å². The molecule has 0 amide bonds. The molecule has 0 atom stereocenters. The first-order valence-corrected chi connectivity index (χ1v) is 10.8. The number of halogens is 2. The molecule has 0 unspecified atom stereocenters. The van der Waals surface area contributed by atoms with Crippen molar-refractivity contribution in [2.45, 2.75) is 25.7 Å². The Balaban J connectivity index is 0.00000256. The van der Waals surface area contributed by atoms with Crippen LogP contribution in [0.2, 0.25) is 0 Å². The van der Waals surface area contributed by atoms with Crippen LogP contribution < -0.4 is 10.6 Å². The summed E-state index contributed by atoms with van der Waals surface area (Å²) in [5, 5.41) is 26.0. The van der Waals surface area contributed by atoms with Gasteiger partial charge >= 0.3 is 0 Å². The number of nitrogens with one attached hydrogen (secondary N) is 2. The van der Waals surface area contributed by atoms with Crippen LogP contribution in [0.4, 0.5) is 0 Å². The molecule has 0 fully saturated rings. The van der Waals surface area contributed by atoms with Gasteiger partial charge in [-0.3, -0.25) is 0 Å². The zero-order valence-corrected chi connectivity index (χ0v) is 21.7. The summed E-state index contributed by atoms with van der Waals surface area (Å²) in [6.45, 7) is 3.75. The Morgan fingerprint density at radius 2 is 1.00 bits per heavy atom. The highest BCUT2D eigenvalue weighted by Crippen LogP contribution is 2.24. The van der Waals surface area contributed by atoms with Crippen LogP contribution in [0.5, 0.6) is 11.5 Å². The van der Waals surface area contributed by atoms with Crippen molar-refractivity contribution in [3.63, 3.8) is 0 Å². The molecule has 4 N–H and O–H groups in total.